The second-order valence-electron chi connectivity index (χ2n) is 5.91. The molecule has 1 fully saturated rings. The minimum absolute atomic E-state index is 0.627. The lowest BCUT2D eigenvalue weighted by atomic mass is 9.99. The third-order valence-corrected chi connectivity index (χ3v) is 4.34. The highest BCUT2D eigenvalue weighted by atomic mass is 15.2. The van der Waals surface area contributed by atoms with Gasteiger partial charge in [0.2, 0.25) is 0 Å². The topological polar surface area (TPSA) is 54.9 Å². The molecule has 1 aromatic carbocycles. The summed E-state index contributed by atoms with van der Waals surface area (Å²) in [5.41, 5.74) is 3.23. The summed E-state index contributed by atoms with van der Waals surface area (Å²) in [6, 6.07) is 14.8. The maximum Gasteiger partial charge on any atom is 0.117 e. The van der Waals surface area contributed by atoms with E-state index in [9.17, 15) is 0 Å². The molecular weight excluding hydrogens is 272 g/mol. The van der Waals surface area contributed by atoms with Gasteiger partial charge in [0.25, 0.3) is 0 Å². The Balaban J connectivity index is 1.37. The number of aromatic nitrogens is 1. The monoisotopic (exact) mass is 294 g/mol. The Morgan fingerprint density at radius 3 is 2.95 bits per heavy atom. The van der Waals surface area contributed by atoms with Crippen LogP contribution in [0.3, 0.4) is 0 Å². The van der Waals surface area contributed by atoms with Gasteiger partial charge in [0.1, 0.15) is 11.8 Å². The van der Waals surface area contributed by atoms with Crippen molar-refractivity contribution in [1.82, 2.24) is 15.2 Å². The van der Waals surface area contributed by atoms with Crippen LogP contribution in [-0.4, -0.2) is 36.1 Å². The molecular formula is C18H22N4. The molecule has 1 aliphatic heterocycles. The highest BCUT2D eigenvalue weighted by Gasteiger charge is 2.22. The summed E-state index contributed by atoms with van der Waals surface area (Å²) in [6.07, 6.45) is 3.15. The maximum atomic E-state index is 8.78. The first-order chi connectivity index (χ1) is 10.8. The van der Waals surface area contributed by atoms with E-state index in [1.54, 1.807) is 0 Å². The molecule has 0 bridgehead atoms. The van der Waals surface area contributed by atoms with Crippen LogP contribution in [0.1, 0.15) is 29.2 Å². The predicted molar refractivity (Wildman–Crippen MR) is 87.5 cm³/mol. The number of hydrogen-bond acceptors (Lipinski definition) is 3. The smallest absolute Gasteiger partial charge is 0.117 e. The summed E-state index contributed by atoms with van der Waals surface area (Å²) in [5.74, 6) is 0.684. The first-order valence-corrected chi connectivity index (χ1v) is 7.90. The molecule has 3 rings (SSSR count). The van der Waals surface area contributed by atoms with E-state index in [1.807, 2.05) is 12.3 Å². The number of aromatic amines is 1. The highest BCUT2D eigenvalue weighted by molar-refractivity contribution is 5.26. The first kappa shape index (κ1) is 14.8. The minimum atomic E-state index is 0.627. The largest absolute Gasteiger partial charge is 0.353 e. The normalized spacial score (nSPS) is 18.4. The standard InChI is InChI=1S/C18H22N4/c19-11-18-10-15(13-21-18)12-20-7-9-22-8-6-17(14-22)16-4-2-1-3-5-16/h1-5,10,13,17,20-21H,6-9,12,14H2. The van der Waals surface area contributed by atoms with Gasteiger partial charge in [-0.1, -0.05) is 30.3 Å². The fourth-order valence-corrected chi connectivity index (χ4v) is 3.11. The Labute approximate surface area is 131 Å². The fourth-order valence-electron chi connectivity index (χ4n) is 3.11. The number of likely N-dealkylation sites (tertiary alicyclic amines) is 1. The molecule has 0 aliphatic carbocycles. The zero-order valence-corrected chi connectivity index (χ0v) is 12.8. The molecule has 0 amide bonds. The van der Waals surface area contributed by atoms with Crippen molar-refractivity contribution in [3.63, 3.8) is 0 Å². The van der Waals surface area contributed by atoms with Crippen molar-refractivity contribution in [2.24, 2.45) is 0 Å². The number of nitriles is 1. The van der Waals surface area contributed by atoms with Crippen LogP contribution in [-0.2, 0) is 6.54 Å². The number of rotatable bonds is 6. The third kappa shape index (κ3) is 3.76. The lowest BCUT2D eigenvalue weighted by Gasteiger charge is -2.16. The molecule has 2 aromatic rings. The van der Waals surface area contributed by atoms with Gasteiger partial charge in [-0.3, -0.25) is 0 Å². The molecule has 114 valence electrons. The summed E-state index contributed by atoms with van der Waals surface area (Å²) < 4.78 is 0. The van der Waals surface area contributed by atoms with Crippen molar-refractivity contribution in [3.05, 3.63) is 59.4 Å². The Bertz CT molecular complexity index is 626. The van der Waals surface area contributed by atoms with Crippen molar-refractivity contribution in [1.29, 1.82) is 5.26 Å². The Kier molecular flexibility index (Phi) is 4.89. The lowest BCUT2D eigenvalue weighted by Crippen LogP contribution is -2.30. The molecule has 0 radical (unpaired) electrons. The second kappa shape index (κ2) is 7.26. The molecule has 4 heteroatoms. The van der Waals surface area contributed by atoms with Gasteiger partial charge in [0.15, 0.2) is 0 Å². The molecule has 0 spiro atoms. The van der Waals surface area contributed by atoms with E-state index in [1.165, 1.54) is 18.5 Å². The van der Waals surface area contributed by atoms with Crippen molar-refractivity contribution in [3.8, 4) is 6.07 Å². The number of nitrogens with one attached hydrogen (secondary N) is 2. The number of H-pyrrole nitrogens is 1. The Hall–Kier alpha value is -2.09. The summed E-state index contributed by atoms with van der Waals surface area (Å²) in [6.45, 7) is 5.22. The van der Waals surface area contributed by atoms with E-state index in [4.69, 9.17) is 5.26 Å². The molecule has 1 aromatic heterocycles. The van der Waals surface area contributed by atoms with E-state index in [2.05, 4.69) is 51.6 Å². The molecule has 2 heterocycles. The van der Waals surface area contributed by atoms with Gasteiger partial charge in [0.05, 0.1) is 0 Å². The van der Waals surface area contributed by atoms with E-state index in [0.29, 0.717) is 11.6 Å². The number of benzene rings is 1. The molecule has 1 aliphatic rings. The lowest BCUT2D eigenvalue weighted by molar-refractivity contribution is 0.331. The average molecular weight is 294 g/mol. The summed E-state index contributed by atoms with van der Waals surface area (Å²) >= 11 is 0. The number of hydrogen-bond donors (Lipinski definition) is 2. The summed E-state index contributed by atoms with van der Waals surface area (Å²) in [4.78, 5) is 5.48. The maximum absolute atomic E-state index is 8.78. The quantitative estimate of drug-likeness (QED) is 0.805. The van der Waals surface area contributed by atoms with Crippen LogP contribution >= 0.6 is 0 Å². The summed E-state index contributed by atoms with van der Waals surface area (Å²) in [7, 11) is 0. The first-order valence-electron chi connectivity index (χ1n) is 7.90. The van der Waals surface area contributed by atoms with Gasteiger partial charge < -0.3 is 15.2 Å². The molecule has 4 nitrogen and oxygen atoms in total. The zero-order valence-electron chi connectivity index (χ0n) is 12.8. The zero-order chi connectivity index (χ0) is 15.2. The fraction of sp³-hybridized carbons (Fsp3) is 0.389. The van der Waals surface area contributed by atoms with Gasteiger partial charge in [0, 0.05) is 32.4 Å². The van der Waals surface area contributed by atoms with Crippen LogP contribution in [0, 0.1) is 11.3 Å². The van der Waals surface area contributed by atoms with Gasteiger partial charge >= 0.3 is 0 Å². The van der Waals surface area contributed by atoms with Crippen LogP contribution in [0.25, 0.3) is 0 Å². The molecule has 1 unspecified atom stereocenters. The highest BCUT2D eigenvalue weighted by Crippen LogP contribution is 2.26. The van der Waals surface area contributed by atoms with E-state index >= 15 is 0 Å². The van der Waals surface area contributed by atoms with E-state index in [-0.39, 0.29) is 0 Å². The third-order valence-electron chi connectivity index (χ3n) is 4.34. The predicted octanol–water partition coefficient (Wildman–Crippen LogP) is 2.47. The SMILES string of the molecule is N#Cc1cc(CNCCN2CCC(c3ccccc3)C2)c[nH]1. The average Bonchev–Trinajstić information content (AvgIpc) is 3.22. The van der Waals surface area contributed by atoms with E-state index < -0.39 is 0 Å². The molecule has 1 saturated heterocycles. The van der Waals surface area contributed by atoms with Crippen LogP contribution in [0.15, 0.2) is 42.6 Å². The van der Waals surface area contributed by atoms with Crippen LogP contribution in [0.2, 0.25) is 0 Å². The van der Waals surface area contributed by atoms with Gasteiger partial charge in [-0.25, -0.2) is 0 Å². The Morgan fingerprint density at radius 1 is 1.32 bits per heavy atom. The minimum Gasteiger partial charge on any atom is -0.353 e. The number of nitrogens with zero attached hydrogens (tertiary/aromatic N) is 2. The van der Waals surface area contributed by atoms with Crippen molar-refractivity contribution in [2.75, 3.05) is 26.2 Å². The molecule has 1 atom stereocenters. The summed E-state index contributed by atoms with van der Waals surface area (Å²) in [5, 5.41) is 12.2. The molecule has 0 saturated carbocycles. The van der Waals surface area contributed by atoms with E-state index in [0.717, 1.165) is 31.7 Å². The van der Waals surface area contributed by atoms with Crippen molar-refractivity contribution < 1.29 is 0 Å². The van der Waals surface area contributed by atoms with Crippen molar-refractivity contribution in [2.45, 2.75) is 18.9 Å². The van der Waals surface area contributed by atoms with Crippen molar-refractivity contribution >= 4 is 0 Å². The van der Waals surface area contributed by atoms with Gasteiger partial charge in [-0.15, -0.1) is 0 Å². The van der Waals surface area contributed by atoms with Gasteiger partial charge in [-0.05, 0) is 36.1 Å². The second-order valence-corrected chi connectivity index (χ2v) is 5.91. The van der Waals surface area contributed by atoms with Crippen LogP contribution < -0.4 is 5.32 Å². The van der Waals surface area contributed by atoms with Gasteiger partial charge in [-0.2, -0.15) is 5.26 Å². The Morgan fingerprint density at radius 2 is 2.18 bits per heavy atom. The van der Waals surface area contributed by atoms with Crippen LogP contribution in [0.4, 0.5) is 0 Å². The molecule has 22 heavy (non-hydrogen) atoms. The van der Waals surface area contributed by atoms with Crippen LogP contribution in [0.5, 0.6) is 0 Å². The molecule has 2 N–H and O–H groups in total.